The first kappa shape index (κ1) is 25.5. The van der Waals surface area contributed by atoms with Crippen molar-refractivity contribution in [2.75, 3.05) is 11.4 Å². The Morgan fingerprint density at radius 1 is 0.971 bits per heavy atom. The van der Waals surface area contributed by atoms with Crippen molar-refractivity contribution in [2.45, 2.75) is 41.2 Å². The minimum Gasteiger partial charge on any atom is -0.439 e. The molecule has 4 aromatic rings. The van der Waals surface area contributed by atoms with Gasteiger partial charge in [-0.2, -0.15) is 4.57 Å². The number of ether oxygens (including phenoxy) is 1. The Balaban J connectivity index is 0.00000289. The second-order valence-corrected chi connectivity index (χ2v) is 9.92. The lowest BCUT2D eigenvalue weighted by atomic mass is 10.0. The molecular weight excluding hydrogens is 563 g/mol. The monoisotopic (exact) mass is 595 g/mol. The molecule has 5 heteroatoms. The Labute approximate surface area is 229 Å². The molecule has 0 saturated heterocycles. The summed E-state index contributed by atoms with van der Waals surface area (Å²) in [5.74, 6) is 1.80. The standard InChI is InChI=1S/C30H31N2OS.HI/c1-6-31-25-19-24(23-11-9-8-10-12-23)13-14-27(25)33-29(31)15-20(3)16-30-32(7-2)26-17-21(4)22(5)18-28(26)34-30;/h8-19H,6-7H2,1-5H3;1H/q+1;. The van der Waals surface area contributed by atoms with Crippen molar-refractivity contribution in [1.29, 1.82) is 0 Å². The number of allylic oxidation sites excluding steroid dienone is 2. The van der Waals surface area contributed by atoms with E-state index in [4.69, 9.17) is 4.74 Å². The van der Waals surface area contributed by atoms with E-state index in [-0.39, 0.29) is 24.0 Å². The Hall–Kier alpha value is -2.64. The topological polar surface area (TPSA) is 16.4 Å². The fourth-order valence-electron chi connectivity index (χ4n) is 4.56. The summed E-state index contributed by atoms with van der Waals surface area (Å²) in [6, 6.07) is 21.6. The van der Waals surface area contributed by atoms with Crippen LogP contribution in [0.25, 0.3) is 27.4 Å². The van der Waals surface area contributed by atoms with Crippen LogP contribution in [0.5, 0.6) is 5.75 Å². The van der Waals surface area contributed by atoms with Gasteiger partial charge in [-0.25, -0.2) is 0 Å². The second kappa shape index (κ2) is 10.5. The molecule has 180 valence electrons. The smallest absolute Gasteiger partial charge is 0.262 e. The lowest BCUT2D eigenvalue weighted by Crippen LogP contribution is -2.33. The van der Waals surface area contributed by atoms with Crippen LogP contribution in [0.4, 0.5) is 5.69 Å². The largest absolute Gasteiger partial charge is 0.439 e. The van der Waals surface area contributed by atoms with E-state index in [0.29, 0.717) is 0 Å². The molecule has 2 heterocycles. The molecule has 1 aliphatic heterocycles. The highest BCUT2D eigenvalue weighted by molar-refractivity contribution is 14.0. The van der Waals surface area contributed by atoms with Gasteiger partial charge in [-0.1, -0.05) is 47.7 Å². The first-order valence-electron chi connectivity index (χ1n) is 12.0. The zero-order valence-electron chi connectivity index (χ0n) is 21.0. The number of anilines is 1. The number of aromatic nitrogens is 1. The average molecular weight is 596 g/mol. The van der Waals surface area contributed by atoms with E-state index in [0.717, 1.165) is 30.4 Å². The summed E-state index contributed by atoms with van der Waals surface area (Å²) in [6.45, 7) is 12.7. The van der Waals surface area contributed by atoms with Gasteiger partial charge >= 0.3 is 0 Å². The summed E-state index contributed by atoms with van der Waals surface area (Å²) in [5.41, 5.74) is 8.72. The minimum absolute atomic E-state index is 0. The molecule has 0 saturated carbocycles. The van der Waals surface area contributed by atoms with Crippen LogP contribution < -0.4 is 14.2 Å². The van der Waals surface area contributed by atoms with Crippen molar-refractivity contribution < 1.29 is 9.30 Å². The van der Waals surface area contributed by atoms with Gasteiger partial charge < -0.3 is 9.64 Å². The number of rotatable bonds is 5. The molecule has 3 aromatic carbocycles. The maximum absolute atomic E-state index is 6.30. The van der Waals surface area contributed by atoms with Crippen LogP contribution in [-0.2, 0) is 6.54 Å². The third-order valence-electron chi connectivity index (χ3n) is 6.52. The van der Waals surface area contributed by atoms with E-state index in [2.05, 4.69) is 117 Å². The van der Waals surface area contributed by atoms with E-state index in [9.17, 15) is 0 Å². The van der Waals surface area contributed by atoms with Crippen LogP contribution in [0.2, 0.25) is 0 Å². The van der Waals surface area contributed by atoms with Crippen LogP contribution in [0.1, 0.15) is 36.9 Å². The van der Waals surface area contributed by atoms with E-state index in [1.807, 2.05) is 11.3 Å². The number of hydrogen-bond donors (Lipinski definition) is 0. The van der Waals surface area contributed by atoms with Gasteiger partial charge in [0.25, 0.3) is 5.01 Å². The highest BCUT2D eigenvalue weighted by Gasteiger charge is 2.26. The summed E-state index contributed by atoms with van der Waals surface area (Å²) in [4.78, 5) is 2.25. The summed E-state index contributed by atoms with van der Waals surface area (Å²) in [5, 5.41) is 1.27. The molecule has 35 heavy (non-hydrogen) atoms. The Bertz CT molecular complexity index is 1440. The molecular formula is C30H32IN2OS+. The highest BCUT2D eigenvalue weighted by atomic mass is 127. The predicted octanol–water partition coefficient (Wildman–Crippen LogP) is 8.27. The van der Waals surface area contributed by atoms with Crippen molar-refractivity contribution in [3.8, 4) is 16.9 Å². The zero-order valence-corrected chi connectivity index (χ0v) is 24.1. The highest BCUT2D eigenvalue weighted by Crippen LogP contribution is 2.41. The van der Waals surface area contributed by atoms with E-state index < -0.39 is 0 Å². The molecule has 0 bridgehead atoms. The molecule has 1 aromatic heterocycles. The first-order valence-corrected chi connectivity index (χ1v) is 12.8. The molecule has 0 spiro atoms. The minimum atomic E-state index is 0. The van der Waals surface area contributed by atoms with Crippen LogP contribution in [0.3, 0.4) is 0 Å². The summed E-state index contributed by atoms with van der Waals surface area (Å²) in [7, 11) is 0. The number of nitrogens with zero attached hydrogens (tertiary/aromatic N) is 2. The predicted molar refractivity (Wildman–Crippen MR) is 160 cm³/mol. The van der Waals surface area contributed by atoms with Crippen LogP contribution >= 0.6 is 35.3 Å². The van der Waals surface area contributed by atoms with Crippen molar-refractivity contribution in [3.63, 3.8) is 0 Å². The lowest BCUT2D eigenvalue weighted by Gasteiger charge is -2.16. The Kier molecular flexibility index (Phi) is 7.67. The van der Waals surface area contributed by atoms with E-state index in [1.54, 1.807) is 0 Å². The van der Waals surface area contributed by atoms with Gasteiger partial charge in [0, 0.05) is 24.8 Å². The van der Waals surface area contributed by atoms with Gasteiger partial charge in [0.2, 0.25) is 11.4 Å². The van der Waals surface area contributed by atoms with Gasteiger partial charge in [0.05, 0.1) is 5.69 Å². The summed E-state index contributed by atoms with van der Waals surface area (Å²) >= 11 is 1.85. The van der Waals surface area contributed by atoms with E-state index >= 15 is 0 Å². The third-order valence-corrected chi connectivity index (χ3v) is 7.61. The van der Waals surface area contributed by atoms with Gasteiger partial charge in [0.15, 0.2) is 5.75 Å². The first-order chi connectivity index (χ1) is 16.5. The fraction of sp³-hybridized carbons (Fsp3) is 0.233. The SMILES string of the molecule is CCN1/C(=C/C(C)=Cc2sc3cc(C)c(C)cc3[n+]2CC)Oc2ccc(-c3ccccc3)cc21.I. The second-order valence-electron chi connectivity index (χ2n) is 8.85. The fourth-order valence-corrected chi connectivity index (χ4v) is 5.88. The molecule has 0 unspecified atom stereocenters. The average Bonchev–Trinajstić information content (AvgIpc) is 3.35. The third kappa shape index (κ3) is 4.89. The van der Waals surface area contributed by atoms with Gasteiger partial charge in [0.1, 0.15) is 11.2 Å². The number of halogens is 1. The van der Waals surface area contributed by atoms with Gasteiger partial charge in [-0.15, -0.1) is 24.0 Å². The number of aryl methyl sites for hydroxylation is 3. The maximum atomic E-state index is 6.30. The van der Waals surface area contributed by atoms with Crippen molar-refractivity contribution in [2.24, 2.45) is 0 Å². The van der Waals surface area contributed by atoms with Crippen LogP contribution in [0.15, 0.2) is 78.2 Å². The normalized spacial score (nSPS) is 14.3. The quantitative estimate of drug-likeness (QED) is 0.171. The van der Waals surface area contributed by atoms with Crippen LogP contribution in [0, 0.1) is 13.8 Å². The molecule has 3 nitrogen and oxygen atoms in total. The van der Waals surface area contributed by atoms with Crippen LogP contribution in [-0.4, -0.2) is 6.54 Å². The molecule has 0 atom stereocenters. The Morgan fingerprint density at radius 3 is 2.43 bits per heavy atom. The van der Waals surface area contributed by atoms with Crippen molar-refractivity contribution in [1.82, 2.24) is 0 Å². The summed E-state index contributed by atoms with van der Waals surface area (Å²) in [6.07, 6.45) is 4.44. The summed E-state index contributed by atoms with van der Waals surface area (Å²) < 4.78 is 10.0. The van der Waals surface area contributed by atoms with Crippen molar-refractivity contribution in [3.05, 3.63) is 94.3 Å². The number of thiazole rings is 1. The molecule has 0 amide bonds. The van der Waals surface area contributed by atoms with E-state index in [1.165, 1.54) is 43.1 Å². The molecule has 0 aliphatic carbocycles. The number of benzene rings is 3. The molecule has 0 fully saturated rings. The molecule has 5 rings (SSSR count). The lowest BCUT2D eigenvalue weighted by molar-refractivity contribution is -0.665. The van der Waals surface area contributed by atoms with Crippen molar-refractivity contribution >= 4 is 57.3 Å². The van der Waals surface area contributed by atoms with Gasteiger partial charge in [-0.05, 0) is 80.6 Å². The van der Waals surface area contributed by atoms with Gasteiger partial charge in [-0.3, -0.25) is 0 Å². The number of hydrogen-bond acceptors (Lipinski definition) is 3. The molecule has 1 aliphatic rings. The zero-order chi connectivity index (χ0) is 23.8. The maximum Gasteiger partial charge on any atom is 0.262 e. The molecule has 0 N–H and O–H groups in total. The Morgan fingerprint density at radius 2 is 1.71 bits per heavy atom. The number of fused-ring (bicyclic) bond motifs is 2. The molecule has 0 radical (unpaired) electrons.